The van der Waals surface area contributed by atoms with Crippen LogP contribution in [0, 0.1) is 5.92 Å². The second-order valence-corrected chi connectivity index (χ2v) is 8.46. The Morgan fingerprint density at radius 2 is 1.61 bits per heavy atom. The molecule has 0 aromatic heterocycles. The van der Waals surface area contributed by atoms with Crippen LogP contribution in [0.1, 0.15) is 43.7 Å². The summed E-state index contributed by atoms with van der Waals surface area (Å²) >= 11 is 0. The number of nitrogens with one attached hydrogen (secondary N) is 2. The molecule has 0 aliphatic heterocycles. The number of carboxylic acid groups (broad SMARTS) is 1. The molecule has 4 rings (SSSR count). The molecule has 0 spiro atoms. The summed E-state index contributed by atoms with van der Waals surface area (Å²) in [6, 6.07) is 15.1. The fraction of sp³-hybridized carbons (Fsp3) is 0.375. The van der Waals surface area contributed by atoms with Gasteiger partial charge in [-0.15, -0.1) is 0 Å². The van der Waals surface area contributed by atoms with Gasteiger partial charge in [0.2, 0.25) is 5.91 Å². The molecule has 0 heterocycles. The number of carbonyl (C=O) groups excluding carboxylic acids is 2. The van der Waals surface area contributed by atoms with Gasteiger partial charge in [-0.2, -0.15) is 0 Å². The molecule has 162 valence electrons. The molecule has 2 unspecified atom stereocenters. The Hall–Kier alpha value is -3.35. The lowest BCUT2D eigenvalue weighted by Gasteiger charge is -2.30. The van der Waals surface area contributed by atoms with Crippen LogP contribution in [-0.2, 0) is 14.3 Å². The van der Waals surface area contributed by atoms with E-state index in [1.165, 1.54) is 6.92 Å². The molecule has 0 saturated heterocycles. The van der Waals surface area contributed by atoms with Crippen LogP contribution in [0.2, 0.25) is 0 Å². The Kier molecular flexibility index (Phi) is 5.43. The fourth-order valence-corrected chi connectivity index (χ4v) is 4.26. The molecule has 2 amide bonds. The van der Waals surface area contributed by atoms with E-state index in [1.807, 2.05) is 36.4 Å². The van der Waals surface area contributed by atoms with Gasteiger partial charge in [0.05, 0.1) is 0 Å². The molecule has 2 atom stereocenters. The number of amides is 2. The quantitative estimate of drug-likeness (QED) is 0.635. The van der Waals surface area contributed by atoms with Crippen molar-refractivity contribution in [2.24, 2.45) is 5.92 Å². The smallest absolute Gasteiger partial charge is 0.408 e. The van der Waals surface area contributed by atoms with Gasteiger partial charge in [0.1, 0.15) is 18.2 Å². The number of alkyl carbamates (subject to hydrolysis) is 1. The summed E-state index contributed by atoms with van der Waals surface area (Å²) in [7, 11) is 0. The SMILES string of the molecule is CC(NC(=O)C(C)(NC(=O)OCC1c2ccccc2-c2ccccc21)C1CC1)C(=O)O. The molecule has 7 nitrogen and oxygen atoms in total. The lowest BCUT2D eigenvalue weighted by Crippen LogP contribution is -2.60. The van der Waals surface area contributed by atoms with E-state index >= 15 is 0 Å². The van der Waals surface area contributed by atoms with Crippen molar-refractivity contribution >= 4 is 18.0 Å². The second-order valence-electron chi connectivity index (χ2n) is 8.46. The minimum Gasteiger partial charge on any atom is -0.480 e. The van der Waals surface area contributed by atoms with Crippen LogP contribution in [-0.4, -0.2) is 41.3 Å². The van der Waals surface area contributed by atoms with E-state index in [0.717, 1.165) is 35.1 Å². The number of rotatable bonds is 7. The van der Waals surface area contributed by atoms with Gasteiger partial charge in [-0.3, -0.25) is 9.59 Å². The van der Waals surface area contributed by atoms with E-state index < -0.39 is 29.6 Å². The Morgan fingerprint density at radius 1 is 1.06 bits per heavy atom. The normalized spacial score (nSPS) is 17.6. The number of hydrogen-bond donors (Lipinski definition) is 3. The van der Waals surface area contributed by atoms with E-state index in [-0.39, 0.29) is 18.4 Å². The molecule has 3 N–H and O–H groups in total. The molecule has 1 fully saturated rings. The van der Waals surface area contributed by atoms with Crippen molar-refractivity contribution < 1.29 is 24.2 Å². The first-order chi connectivity index (χ1) is 14.8. The Balaban J connectivity index is 1.45. The number of carbonyl (C=O) groups is 3. The Bertz CT molecular complexity index is 987. The molecule has 2 aliphatic carbocycles. The zero-order valence-electron chi connectivity index (χ0n) is 17.6. The van der Waals surface area contributed by atoms with Crippen LogP contribution < -0.4 is 10.6 Å². The molecule has 7 heteroatoms. The van der Waals surface area contributed by atoms with Gasteiger partial charge in [-0.25, -0.2) is 4.79 Å². The zero-order valence-corrected chi connectivity index (χ0v) is 17.6. The van der Waals surface area contributed by atoms with Gasteiger partial charge < -0.3 is 20.5 Å². The lowest BCUT2D eigenvalue weighted by atomic mass is 9.94. The topological polar surface area (TPSA) is 105 Å². The Morgan fingerprint density at radius 3 is 2.13 bits per heavy atom. The number of carboxylic acids is 1. The highest BCUT2D eigenvalue weighted by Gasteiger charge is 2.49. The fourth-order valence-electron chi connectivity index (χ4n) is 4.26. The summed E-state index contributed by atoms with van der Waals surface area (Å²) in [5.41, 5.74) is 3.27. The number of ether oxygens (including phenoxy) is 1. The van der Waals surface area contributed by atoms with Gasteiger partial charge >= 0.3 is 12.1 Å². The first-order valence-electron chi connectivity index (χ1n) is 10.5. The molecule has 2 aromatic carbocycles. The minimum absolute atomic E-state index is 0.0472. The van der Waals surface area contributed by atoms with Crippen LogP contribution in [0.15, 0.2) is 48.5 Å². The zero-order chi connectivity index (χ0) is 22.2. The average molecular weight is 422 g/mol. The van der Waals surface area contributed by atoms with Crippen molar-refractivity contribution in [2.75, 3.05) is 6.61 Å². The maximum atomic E-state index is 12.7. The molecule has 31 heavy (non-hydrogen) atoms. The van der Waals surface area contributed by atoms with Crippen LogP contribution in [0.3, 0.4) is 0 Å². The van der Waals surface area contributed by atoms with E-state index in [0.29, 0.717) is 0 Å². The average Bonchev–Trinajstić information content (AvgIpc) is 3.56. The monoisotopic (exact) mass is 422 g/mol. The standard InChI is InChI=1S/C24H26N2O5/c1-14(21(27)28)25-22(29)24(2,15-11-12-15)26-23(30)31-13-20-18-9-5-3-7-16(18)17-8-4-6-10-19(17)20/h3-10,14-15,20H,11-13H2,1-2H3,(H,25,29)(H,26,30)(H,27,28). The first kappa shape index (κ1) is 20.9. The molecule has 1 saturated carbocycles. The van der Waals surface area contributed by atoms with Gasteiger partial charge in [0.15, 0.2) is 0 Å². The van der Waals surface area contributed by atoms with Crippen LogP contribution >= 0.6 is 0 Å². The largest absolute Gasteiger partial charge is 0.480 e. The predicted molar refractivity (Wildman–Crippen MR) is 115 cm³/mol. The van der Waals surface area contributed by atoms with E-state index in [9.17, 15) is 14.4 Å². The van der Waals surface area contributed by atoms with Crippen molar-refractivity contribution in [3.8, 4) is 11.1 Å². The number of fused-ring (bicyclic) bond motifs is 3. The van der Waals surface area contributed by atoms with Gasteiger partial charge in [0, 0.05) is 5.92 Å². The molecule has 0 bridgehead atoms. The first-order valence-corrected chi connectivity index (χ1v) is 10.5. The molecule has 2 aromatic rings. The number of hydrogen-bond acceptors (Lipinski definition) is 4. The van der Waals surface area contributed by atoms with Gasteiger partial charge in [-0.1, -0.05) is 48.5 Å². The lowest BCUT2D eigenvalue weighted by molar-refractivity contribution is -0.142. The highest BCUT2D eigenvalue weighted by molar-refractivity contribution is 5.93. The summed E-state index contributed by atoms with van der Waals surface area (Å²) in [6.07, 6.45) is 0.888. The second kappa shape index (κ2) is 8.06. The summed E-state index contributed by atoms with van der Waals surface area (Å²) in [5, 5.41) is 14.2. The number of benzene rings is 2. The van der Waals surface area contributed by atoms with E-state index in [2.05, 4.69) is 22.8 Å². The van der Waals surface area contributed by atoms with Crippen LogP contribution in [0.5, 0.6) is 0 Å². The number of aliphatic carboxylic acids is 1. The molecule has 0 radical (unpaired) electrons. The van der Waals surface area contributed by atoms with Crippen LogP contribution in [0.25, 0.3) is 11.1 Å². The van der Waals surface area contributed by atoms with Crippen molar-refractivity contribution in [2.45, 2.75) is 44.2 Å². The summed E-state index contributed by atoms with van der Waals surface area (Å²) in [4.78, 5) is 36.5. The summed E-state index contributed by atoms with van der Waals surface area (Å²) in [5.74, 6) is -1.77. The maximum absolute atomic E-state index is 12.7. The van der Waals surface area contributed by atoms with E-state index in [4.69, 9.17) is 9.84 Å². The molecular formula is C24H26N2O5. The third-order valence-corrected chi connectivity index (χ3v) is 6.29. The third-order valence-electron chi connectivity index (χ3n) is 6.29. The van der Waals surface area contributed by atoms with Gasteiger partial charge in [-0.05, 0) is 54.9 Å². The highest BCUT2D eigenvalue weighted by Crippen LogP contribution is 2.44. The predicted octanol–water partition coefficient (Wildman–Crippen LogP) is 3.28. The molecule has 2 aliphatic rings. The summed E-state index contributed by atoms with van der Waals surface area (Å²) in [6.45, 7) is 3.16. The summed E-state index contributed by atoms with van der Waals surface area (Å²) < 4.78 is 5.57. The molecular weight excluding hydrogens is 396 g/mol. The maximum Gasteiger partial charge on any atom is 0.408 e. The Labute approximate surface area is 180 Å². The van der Waals surface area contributed by atoms with Crippen molar-refractivity contribution in [1.29, 1.82) is 0 Å². The van der Waals surface area contributed by atoms with Crippen molar-refractivity contribution in [1.82, 2.24) is 10.6 Å². The van der Waals surface area contributed by atoms with Crippen molar-refractivity contribution in [3.63, 3.8) is 0 Å². The van der Waals surface area contributed by atoms with Gasteiger partial charge in [0.25, 0.3) is 0 Å². The van der Waals surface area contributed by atoms with Crippen molar-refractivity contribution in [3.05, 3.63) is 59.7 Å². The highest BCUT2D eigenvalue weighted by atomic mass is 16.5. The third kappa shape index (κ3) is 4.00. The minimum atomic E-state index is -1.22. The van der Waals surface area contributed by atoms with E-state index in [1.54, 1.807) is 6.92 Å². The van der Waals surface area contributed by atoms with Crippen LogP contribution in [0.4, 0.5) is 4.79 Å².